The highest BCUT2D eigenvalue weighted by molar-refractivity contribution is 6.21. The molecule has 0 saturated carbocycles. The normalized spacial score (nSPS) is 15.7. The van der Waals surface area contributed by atoms with Crippen molar-refractivity contribution < 1.29 is 43.7 Å². The van der Waals surface area contributed by atoms with E-state index in [4.69, 9.17) is 9.47 Å². The Morgan fingerprint density at radius 2 is 1.00 bits per heavy atom. The summed E-state index contributed by atoms with van der Waals surface area (Å²) in [6.45, 7) is 0.0379. The first-order valence-corrected chi connectivity index (χ1v) is 22.2. The third kappa shape index (κ3) is 9.99. The summed E-state index contributed by atoms with van der Waals surface area (Å²) >= 11 is 0. The molecule has 0 atom stereocenters. The van der Waals surface area contributed by atoms with E-state index in [9.17, 15) is 34.2 Å². The average Bonchev–Trinajstić information content (AvgIpc) is 3.54. The molecular formula is C53H49N5O9. The van der Waals surface area contributed by atoms with Crippen molar-refractivity contribution in [3.63, 3.8) is 0 Å². The highest BCUT2D eigenvalue weighted by atomic mass is 16.5. The molecule has 14 nitrogen and oxygen atoms in total. The van der Waals surface area contributed by atoms with Gasteiger partial charge in [0.05, 0.1) is 24.2 Å². The van der Waals surface area contributed by atoms with Gasteiger partial charge in [0, 0.05) is 57.5 Å². The van der Waals surface area contributed by atoms with Gasteiger partial charge in [-0.05, 0) is 68.3 Å². The van der Waals surface area contributed by atoms with Gasteiger partial charge in [-0.25, -0.2) is 0 Å². The number of anilines is 1. The average molecular weight is 900 g/mol. The minimum absolute atomic E-state index is 0.116. The first-order valence-electron chi connectivity index (χ1n) is 22.2. The van der Waals surface area contributed by atoms with Crippen molar-refractivity contribution in [2.75, 3.05) is 51.3 Å². The number of carbonyl (C=O) groups excluding carboxylic acids is 5. The Bertz CT molecular complexity index is 2690. The number of amides is 5. The topological polar surface area (TPSA) is 187 Å². The number of nitrogens with one attached hydrogen (secondary N) is 3. The van der Waals surface area contributed by atoms with Crippen molar-refractivity contribution in [2.24, 2.45) is 0 Å². The van der Waals surface area contributed by atoms with Crippen LogP contribution in [0.1, 0.15) is 70.8 Å². The smallest absolute Gasteiger partial charge is 0.261 e. The predicted octanol–water partition coefficient (Wildman–Crippen LogP) is 5.51. The molecule has 9 rings (SSSR count). The van der Waals surface area contributed by atoms with E-state index in [2.05, 4.69) is 16.0 Å². The maximum absolute atomic E-state index is 13.6. The molecule has 5 N–H and O–H groups in total. The zero-order valence-electron chi connectivity index (χ0n) is 36.7. The van der Waals surface area contributed by atoms with Crippen LogP contribution in [0.15, 0.2) is 121 Å². The molecule has 3 aliphatic rings. The molecule has 2 heterocycles. The van der Waals surface area contributed by atoms with E-state index in [0.717, 1.165) is 27.8 Å². The molecule has 340 valence electrons. The predicted molar refractivity (Wildman–Crippen MR) is 249 cm³/mol. The number of carbonyl (C=O) groups is 5. The Labute approximate surface area is 387 Å². The lowest BCUT2D eigenvalue weighted by atomic mass is 9.91. The summed E-state index contributed by atoms with van der Waals surface area (Å²) in [7, 11) is 0. The van der Waals surface area contributed by atoms with Gasteiger partial charge in [0.15, 0.2) is 13.2 Å². The largest absolute Gasteiger partial charge is 0.507 e. The van der Waals surface area contributed by atoms with E-state index in [1.54, 1.807) is 11.0 Å². The number of hydrogen-bond donors (Lipinski definition) is 5. The SMILES string of the molecule is O=C1COc2c3cccc2Cc2cccc(c2O)Cc2cccc(c2OCC(=O)NCCN(CC(=O)Nc2ccc4c(c2)C(=O)N(Cc2ccccc2)C4=O)CCN1)Cc1cccc(c1O)C3. The summed E-state index contributed by atoms with van der Waals surface area (Å²) in [5.41, 5.74) is 7.14. The lowest BCUT2D eigenvalue weighted by Crippen LogP contribution is -2.44. The van der Waals surface area contributed by atoms with Crippen LogP contribution in [0.2, 0.25) is 0 Å². The molecule has 5 amide bonds. The summed E-state index contributed by atoms with van der Waals surface area (Å²) in [6.07, 6.45) is 1.13. The number of para-hydroxylation sites is 4. The number of phenolic OH excluding ortho intramolecular Hbond substituents is 2. The Kier molecular flexibility index (Phi) is 13.0. The van der Waals surface area contributed by atoms with Crippen molar-refractivity contribution in [1.29, 1.82) is 0 Å². The zero-order valence-corrected chi connectivity index (χ0v) is 36.7. The van der Waals surface area contributed by atoms with Crippen molar-refractivity contribution >= 4 is 35.2 Å². The molecule has 10 bridgehead atoms. The van der Waals surface area contributed by atoms with Crippen molar-refractivity contribution in [3.05, 3.63) is 183 Å². The highest BCUT2D eigenvalue weighted by Gasteiger charge is 2.36. The number of ether oxygens (including phenoxy) is 2. The highest BCUT2D eigenvalue weighted by Crippen LogP contribution is 2.38. The monoisotopic (exact) mass is 899 g/mol. The fraction of sp³-hybridized carbons (Fsp3) is 0.226. The van der Waals surface area contributed by atoms with Gasteiger partial charge in [0.25, 0.3) is 23.6 Å². The van der Waals surface area contributed by atoms with Gasteiger partial charge in [-0.2, -0.15) is 0 Å². The number of hydrogen-bond acceptors (Lipinski definition) is 10. The molecule has 2 aliphatic heterocycles. The number of nitrogens with zero attached hydrogens (tertiary/aromatic N) is 2. The molecule has 6 aromatic rings. The van der Waals surface area contributed by atoms with Crippen LogP contribution in [-0.4, -0.2) is 95.5 Å². The molecule has 6 aromatic carbocycles. The van der Waals surface area contributed by atoms with E-state index in [1.165, 1.54) is 17.0 Å². The zero-order chi connectivity index (χ0) is 46.4. The van der Waals surface area contributed by atoms with E-state index in [1.807, 2.05) is 103 Å². The number of phenols is 2. The fourth-order valence-corrected chi connectivity index (χ4v) is 8.92. The summed E-state index contributed by atoms with van der Waals surface area (Å²) < 4.78 is 12.7. The standard InChI is InChI=1S/C53H49N5O9/c59-45(56-42-18-19-43-44(28-42)53(65)58(52(43)64)29-33-8-2-1-3-9-33)30-57-22-20-54-46(60)31-66-50-38-14-6-16-40(50)26-36-12-5-13-37(49(36)63)27-41-17-7-15-39(51(41)67-32-47(61)55-21-23-57)25-35-11-4-10-34(24-38)48(35)62/h1-19,28,62-63H,20-27,29-32H2,(H,54,60)(H,55,61)(H,56,59). The van der Waals surface area contributed by atoms with Crippen LogP contribution in [-0.2, 0) is 46.6 Å². The minimum Gasteiger partial charge on any atom is -0.507 e. The van der Waals surface area contributed by atoms with Gasteiger partial charge in [-0.15, -0.1) is 0 Å². The Hall–Kier alpha value is -7.97. The third-order valence-electron chi connectivity index (χ3n) is 12.3. The van der Waals surface area contributed by atoms with Crippen LogP contribution >= 0.6 is 0 Å². The Balaban J connectivity index is 0.971. The Morgan fingerprint density at radius 3 is 1.48 bits per heavy atom. The van der Waals surface area contributed by atoms with Crippen LogP contribution in [0.4, 0.5) is 5.69 Å². The summed E-state index contributed by atoms with van der Waals surface area (Å²) in [4.78, 5) is 70.0. The molecule has 1 aliphatic carbocycles. The molecular weight excluding hydrogens is 851 g/mol. The van der Waals surface area contributed by atoms with E-state index < -0.39 is 29.5 Å². The summed E-state index contributed by atoms with van der Waals surface area (Å²) in [5.74, 6) is -0.918. The second-order valence-corrected chi connectivity index (χ2v) is 16.9. The molecule has 0 radical (unpaired) electrons. The number of fused-ring (bicyclic) bond motifs is 3. The maximum atomic E-state index is 13.6. The maximum Gasteiger partial charge on any atom is 0.261 e. The van der Waals surface area contributed by atoms with Gasteiger partial charge >= 0.3 is 0 Å². The van der Waals surface area contributed by atoms with Gasteiger partial charge in [-0.3, -0.25) is 33.8 Å². The molecule has 0 unspecified atom stereocenters. The number of imide groups is 1. The second-order valence-electron chi connectivity index (χ2n) is 16.9. The second kappa shape index (κ2) is 19.6. The van der Waals surface area contributed by atoms with Crippen LogP contribution in [0.5, 0.6) is 23.0 Å². The van der Waals surface area contributed by atoms with Crippen molar-refractivity contribution in [1.82, 2.24) is 20.4 Å². The fourth-order valence-electron chi connectivity index (χ4n) is 8.92. The molecule has 0 aromatic heterocycles. The van der Waals surface area contributed by atoms with Crippen LogP contribution in [0, 0.1) is 0 Å². The van der Waals surface area contributed by atoms with Crippen LogP contribution < -0.4 is 25.4 Å². The van der Waals surface area contributed by atoms with Gasteiger partial charge in [0.1, 0.15) is 23.0 Å². The van der Waals surface area contributed by atoms with Gasteiger partial charge in [0.2, 0.25) is 5.91 Å². The molecule has 0 fully saturated rings. The van der Waals surface area contributed by atoms with E-state index >= 15 is 0 Å². The quantitative estimate of drug-likeness (QED) is 0.138. The molecule has 0 spiro atoms. The van der Waals surface area contributed by atoms with Crippen LogP contribution in [0.3, 0.4) is 0 Å². The number of aromatic hydroxyl groups is 2. The van der Waals surface area contributed by atoms with Gasteiger partial charge in [-0.1, -0.05) is 103 Å². The molecule has 0 saturated heterocycles. The minimum atomic E-state index is -0.450. The lowest BCUT2D eigenvalue weighted by Gasteiger charge is -2.23. The van der Waals surface area contributed by atoms with E-state index in [0.29, 0.717) is 39.4 Å². The van der Waals surface area contributed by atoms with Crippen molar-refractivity contribution in [3.8, 4) is 23.0 Å². The van der Waals surface area contributed by atoms with E-state index in [-0.39, 0.29) is 101 Å². The van der Waals surface area contributed by atoms with Gasteiger partial charge < -0.3 is 35.6 Å². The Morgan fingerprint density at radius 1 is 0.552 bits per heavy atom. The van der Waals surface area contributed by atoms with Crippen molar-refractivity contribution in [2.45, 2.75) is 32.2 Å². The van der Waals surface area contributed by atoms with Crippen LogP contribution in [0.25, 0.3) is 0 Å². The summed E-state index contributed by atoms with van der Waals surface area (Å²) in [5, 5.41) is 32.0. The third-order valence-corrected chi connectivity index (χ3v) is 12.3. The lowest BCUT2D eigenvalue weighted by molar-refractivity contribution is -0.123. The number of rotatable bonds is 5. The number of benzene rings is 6. The summed E-state index contributed by atoms with van der Waals surface area (Å²) in [6, 6.07) is 36.4. The molecule has 67 heavy (non-hydrogen) atoms. The molecule has 14 heteroatoms. The first-order chi connectivity index (χ1) is 32.6. The first kappa shape index (κ1) is 44.2.